The molecule has 3 atom stereocenters. The summed E-state index contributed by atoms with van der Waals surface area (Å²) in [7, 11) is 0. The molecular weight excluding hydrogens is 663 g/mol. The highest BCUT2D eigenvalue weighted by molar-refractivity contribution is 6.64. The van der Waals surface area contributed by atoms with Gasteiger partial charge in [-0.2, -0.15) is 0 Å². The van der Waals surface area contributed by atoms with Gasteiger partial charge in [-0.15, -0.1) is 0 Å². The Morgan fingerprint density at radius 3 is 1.42 bits per heavy atom. The van der Waals surface area contributed by atoms with Crippen LogP contribution in [0.1, 0.15) is 22.7 Å². The van der Waals surface area contributed by atoms with Gasteiger partial charge < -0.3 is 4.90 Å². The van der Waals surface area contributed by atoms with E-state index in [0.717, 1.165) is 6.54 Å². The first-order valence-electron chi connectivity index (χ1n) is 20.1. The maximum absolute atomic E-state index is 2.85. The van der Waals surface area contributed by atoms with Gasteiger partial charge in [0.15, 0.2) is 0 Å². The standard InChI is InChI=1S/C54H23N/c1-3-7-22(8-4-1)52-54-33-20-19-32-30-17-15-28-26-13-11-24-25-12-14-27-29-16-18-31(33)41-39(29)44-37(27)35(25)42-34(24)36(26)43-38(28)40(30)50(48-46(43)45(42)47(44)49(48)51(41)54)53(32,54)21-55(52)23-9-5-2-6-10-23/h1-20,52H,21H2. The van der Waals surface area contributed by atoms with Crippen molar-refractivity contribution in [2.75, 3.05) is 11.4 Å². The fourth-order valence-electron chi connectivity index (χ4n) is 15.9. The van der Waals surface area contributed by atoms with E-state index in [1.807, 2.05) is 0 Å². The molecule has 1 nitrogen and oxygen atoms in total. The molecule has 0 bridgehead atoms. The third kappa shape index (κ3) is 1.83. The molecule has 1 aliphatic heterocycles. The number of hydrogen-bond donors (Lipinski definition) is 0. The number of rotatable bonds is 2. The van der Waals surface area contributed by atoms with Crippen molar-refractivity contribution >= 4 is 135 Å². The zero-order valence-electron chi connectivity index (χ0n) is 29.3. The highest BCUT2D eigenvalue weighted by Gasteiger charge is 2.74. The van der Waals surface area contributed by atoms with E-state index in [4.69, 9.17) is 0 Å². The monoisotopic (exact) mass is 685 g/mol. The van der Waals surface area contributed by atoms with E-state index >= 15 is 0 Å². The van der Waals surface area contributed by atoms with Gasteiger partial charge in [0.1, 0.15) is 0 Å². The Morgan fingerprint density at radius 1 is 0.382 bits per heavy atom. The van der Waals surface area contributed by atoms with Crippen molar-refractivity contribution in [3.63, 3.8) is 0 Å². The maximum Gasteiger partial charge on any atom is 0.0693 e. The molecule has 3 unspecified atom stereocenters. The summed E-state index contributed by atoms with van der Waals surface area (Å²) < 4.78 is 0. The quantitative estimate of drug-likeness (QED) is 0.164. The molecule has 244 valence electrons. The molecule has 0 saturated carbocycles. The Hall–Kier alpha value is -6.70. The highest BCUT2D eigenvalue weighted by atomic mass is 15.2. The van der Waals surface area contributed by atoms with Gasteiger partial charge in [-0.3, -0.25) is 0 Å². The van der Waals surface area contributed by atoms with Crippen molar-refractivity contribution in [1.29, 1.82) is 0 Å². The lowest BCUT2D eigenvalue weighted by atomic mass is 9.47. The molecule has 14 aromatic carbocycles. The van der Waals surface area contributed by atoms with Gasteiger partial charge >= 0.3 is 0 Å². The van der Waals surface area contributed by atoms with Crippen LogP contribution in [0.4, 0.5) is 5.69 Å². The topological polar surface area (TPSA) is 3.24 Å². The Balaban J connectivity index is 1.25. The van der Waals surface area contributed by atoms with Crippen LogP contribution in [0.5, 0.6) is 0 Å². The summed E-state index contributed by atoms with van der Waals surface area (Å²) in [5, 5.41) is 36.5. The van der Waals surface area contributed by atoms with Gasteiger partial charge in [-0.05, 0) is 169 Å². The zero-order chi connectivity index (χ0) is 34.3. The first kappa shape index (κ1) is 24.6. The zero-order valence-corrected chi connectivity index (χ0v) is 29.3. The predicted molar refractivity (Wildman–Crippen MR) is 230 cm³/mol. The summed E-state index contributed by atoms with van der Waals surface area (Å²) in [6.45, 7) is 0.949. The van der Waals surface area contributed by atoms with E-state index in [1.165, 1.54) is 86.3 Å². The smallest absolute Gasteiger partial charge is 0.0693 e. The lowest BCUT2D eigenvalue weighted by molar-refractivity contribution is 0.404. The van der Waals surface area contributed by atoms with Gasteiger partial charge in [-0.25, -0.2) is 0 Å². The fourth-order valence-corrected chi connectivity index (χ4v) is 15.9. The van der Waals surface area contributed by atoms with Crippen LogP contribution in [-0.2, 0) is 10.8 Å². The van der Waals surface area contributed by atoms with E-state index in [-0.39, 0.29) is 16.9 Å². The number of fused-ring (bicyclic) bond motifs is 3. The molecule has 0 amide bonds. The average Bonchev–Trinajstić information content (AvgIpc) is 4.08. The van der Waals surface area contributed by atoms with Gasteiger partial charge in [0.25, 0.3) is 0 Å². The minimum Gasteiger partial charge on any atom is -0.362 e. The fraction of sp³-hybridized carbons (Fsp3) is 0.0741. The molecule has 0 N–H and O–H groups in total. The van der Waals surface area contributed by atoms with Crippen LogP contribution in [0, 0.1) is 0 Å². The second kappa shape index (κ2) is 6.78. The number of benzene rings is 10. The summed E-state index contributed by atoms with van der Waals surface area (Å²) in [4.78, 5) is 2.85. The summed E-state index contributed by atoms with van der Waals surface area (Å²) in [5.41, 5.74) is 8.56. The molecule has 4 aliphatic carbocycles. The number of hydrogen-bond acceptors (Lipinski definition) is 1. The van der Waals surface area contributed by atoms with Crippen molar-refractivity contribution in [1.82, 2.24) is 0 Å². The van der Waals surface area contributed by atoms with Gasteiger partial charge in [-0.1, -0.05) is 109 Å². The molecule has 0 aromatic heterocycles. The van der Waals surface area contributed by atoms with Crippen LogP contribution in [0.15, 0.2) is 121 Å². The minimum atomic E-state index is -0.310. The summed E-state index contributed by atoms with van der Waals surface area (Å²) in [6.07, 6.45) is 5.21. The summed E-state index contributed by atoms with van der Waals surface area (Å²) in [5.74, 6) is 0. The van der Waals surface area contributed by atoms with Crippen molar-refractivity contribution in [3.8, 4) is 0 Å². The molecule has 1 fully saturated rings. The third-order valence-electron chi connectivity index (χ3n) is 16.9. The largest absolute Gasteiger partial charge is 0.362 e. The number of nitrogens with zero attached hydrogens (tertiary/aromatic N) is 1. The molecule has 1 heteroatoms. The van der Waals surface area contributed by atoms with E-state index < -0.39 is 0 Å². The Morgan fingerprint density at radius 2 is 0.818 bits per heavy atom. The lowest BCUT2D eigenvalue weighted by Gasteiger charge is -2.52. The highest BCUT2D eigenvalue weighted by Crippen LogP contribution is 2.78. The number of anilines is 1. The Labute approximate surface area is 310 Å². The van der Waals surface area contributed by atoms with E-state index in [2.05, 4.69) is 126 Å². The van der Waals surface area contributed by atoms with Crippen LogP contribution in [0.25, 0.3) is 130 Å². The summed E-state index contributed by atoms with van der Waals surface area (Å²) in [6, 6.07) is 43.3. The van der Waals surface area contributed by atoms with Crippen molar-refractivity contribution in [2.24, 2.45) is 0 Å². The van der Waals surface area contributed by atoms with E-state index in [9.17, 15) is 0 Å². The molecule has 1 heterocycles. The minimum absolute atomic E-state index is 0.111. The molecule has 2 spiro atoms. The van der Waals surface area contributed by atoms with Gasteiger partial charge in [0, 0.05) is 12.2 Å². The van der Waals surface area contributed by atoms with Gasteiger partial charge in [0.05, 0.1) is 16.9 Å². The summed E-state index contributed by atoms with van der Waals surface area (Å²) >= 11 is 0. The second-order valence-corrected chi connectivity index (χ2v) is 18.0. The van der Waals surface area contributed by atoms with Crippen LogP contribution in [0.3, 0.4) is 0 Å². The predicted octanol–water partition coefficient (Wildman–Crippen LogP) is 11.5. The van der Waals surface area contributed by atoms with Crippen LogP contribution in [0.2, 0.25) is 0 Å². The molecule has 55 heavy (non-hydrogen) atoms. The normalized spacial score (nSPS) is 23.7. The molecule has 14 aromatic rings. The second-order valence-electron chi connectivity index (χ2n) is 18.0. The molecule has 5 aliphatic rings. The van der Waals surface area contributed by atoms with Crippen LogP contribution < -0.4 is 15.3 Å². The third-order valence-corrected chi connectivity index (χ3v) is 16.9. The molecular formula is C54H23N. The number of para-hydroxylation sites is 1. The average molecular weight is 686 g/mol. The van der Waals surface area contributed by atoms with Gasteiger partial charge in [0.2, 0.25) is 0 Å². The first-order valence-corrected chi connectivity index (χ1v) is 20.1. The number of allylic oxidation sites excluding steroid dienone is 2. The van der Waals surface area contributed by atoms with E-state index in [0.29, 0.717) is 0 Å². The molecule has 19 rings (SSSR count). The van der Waals surface area contributed by atoms with Crippen molar-refractivity contribution in [3.05, 3.63) is 148 Å². The van der Waals surface area contributed by atoms with E-state index in [1.54, 1.807) is 76.1 Å². The maximum atomic E-state index is 2.85. The SMILES string of the molecule is C1=CC2=c3ccc4c5ccc6c7ccc8c9ccc%10c%11c%12c%13c%14c(c3c4c3c5c6c4c7c8c(c%119)c%13c4c%143)C23C(c2ccccc2)N(c2ccccc2)CC%123C=%101. The van der Waals surface area contributed by atoms with Crippen LogP contribution in [-0.4, -0.2) is 6.54 Å². The molecule has 1 saturated heterocycles. The van der Waals surface area contributed by atoms with Crippen molar-refractivity contribution < 1.29 is 0 Å². The Kier molecular flexibility index (Phi) is 3.03. The van der Waals surface area contributed by atoms with Crippen molar-refractivity contribution in [2.45, 2.75) is 16.9 Å². The van der Waals surface area contributed by atoms with Crippen LogP contribution >= 0.6 is 0 Å². The first-order chi connectivity index (χ1) is 27.3. The lowest BCUT2D eigenvalue weighted by Crippen LogP contribution is -2.52. The molecule has 0 radical (unpaired) electrons. The Bertz CT molecular complexity index is 4350.